The molecule has 2 aliphatic rings. The second-order valence-electron chi connectivity index (χ2n) is 12.0. The average Bonchev–Trinajstić information content (AvgIpc) is 3.67. The number of carbonyl (C=O) groups is 1. The number of nitrogens with zero attached hydrogens (tertiary/aromatic N) is 5. The van der Waals surface area contributed by atoms with Crippen LogP contribution in [0.25, 0.3) is 33.5 Å². The zero-order valence-electron chi connectivity index (χ0n) is 25.3. The maximum absolute atomic E-state index is 13.3. The van der Waals surface area contributed by atoms with E-state index in [-0.39, 0.29) is 18.6 Å². The lowest BCUT2D eigenvalue weighted by atomic mass is 9.97. The van der Waals surface area contributed by atoms with E-state index >= 15 is 0 Å². The molecule has 2 atom stereocenters. The third-order valence-corrected chi connectivity index (χ3v) is 8.55. The Morgan fingerprint density at radius 2 is 2.09 bits per heavy atom. The number of alkyl halides is 1. The lowest BCUT2D eigenvalue weighted by Gasteiger charge is -2.30. The summed E-state index contributed by atoms with van der Waals surface area (Å²) in [4.78, 5) is 22.1. The Morgan fingerprint density at radius 3 is 2.81 bits per heavy atom. The van der Waals surface area contributed by atoms with Crippen LogP contribution in [0.5, 0.6) is 5.75 Å². The van der Waals surface area contributed by atoms with Crippen LogP contribution in [0.4, 0.5) is 4.39 Å². The first-order chi connectivity index (χ1) is 20.8. The summed E-state index contributed by atoms with van der Waals surface area (Å²) in [5.74, 6) is 2.23. The molecule has 2 aromatic carbocycles. The summed E-state index contributed by atoms with van der Waals surface area (Å²) in [5, 5.41) is 1.11. The number of benzene rings is 2. The van der Waals surface area contributed by atoms with Crippen molar-refractivity contribution < 1.29 is 13.9 Å². The number of rotatable bonds is 12. The topological polar surface area (TPSA) is 81.6 Å². The summed E-state index contributed by atoms with van der Waals surface area (Å²) < 4.78 is 24.1. The van der Waals surface area contributed by atoms with Gasteiger partial charge < -0.3 is 29.4 Å². The Bertz CT molecular complexity index is 1700. The van der Waals surface area contributed by atoms with E-state index in [2.05, 4.69) is 46.9 Å². The molecular weight excluding hydrogens is 543 g/mol. The zero-order valence-corrected chi connectivity index (χ0v) is 25.3. The van der Waals surface area contributed by atoms with Gasteiger partial charge in [0.05, 0.1) is 34.8 Å². The molecular formula is C34H41FN6O2. The fourth-order valence-electron chi connectivity index (χ4n) is 6.21. The second kappa shape index (κ2) is 11.9. The van der Waals surface area contributed by atoms with E-state index in [1.165, 1.54) is 12.8 Å². The highest BCUT2D eigenvalue weighted by molar-refractivity contribution is 6.01. The first kappa shape index (κ1) is 29.0. The molecule has 0 spiro atoms. The Balaban J connectivity index is 1.40. The van der Waals surface area contributed by atoms with Crippen LogP contribution in [0.3, 0.4) is 0 Å². The van der Waals surface area contributed by atoms with E-state index in [0.717, 1.165) is 51.3 Å². The maximum Gasteiger partial charge on any atom is 0.254 e. The fourth-order valence-corrected chi connectivity index (χ4v) is 6.21. The zero-order chi connectivity index (χ0) is 30.2. The minimum Gasteiger partial charge on any atom is -0.487 e. The summed E-state index contributed by atoms with van der Waals surface area (Å²) in [6, 6.07) is 11.7. The van der Waals surface area contributed by atoms with Gasteiger partial charge >= 0.3 is 0 Å². The molecule has 2 aromatic heterocycles. The number of allylic oxidation sites excluding steroid dienone is 1. The normalized spacial score (nSPS) is 16.7. The van der Waals surface area contributed by atoms with Crippen LogP contribution < -0.4 is 10.5 Å². The van der Waals surface area contributed by atoms with Crippen molar-refractivity contribution in [3.05, 3.63) is 72.6 Å². The predicted octanol–water partition coefficient (Wildman–Crippen LogP) is 5.65. The number of hydrogen-bond acceptors (Lipinski definition) is 5. The van der Waals surface area contributed by atoms with Crippen LogP contribution in [-0.2, 0) is 20.0 Å². The molecule has 1 unspecified atom stereocenters. The molecule has 1 aliphatic carbocycles. The van der Waals surface area contributed by atoms with Gasteiger partial charge in [-0.25, -0.2) is 9.37 Å². The molecule has 0 bridgehead atoms. The molecule has 43 heavy (non-hydrogen) atoms. The molecule has 0 saturated heterocycles. The van der Waals surface area contributed by atoms with Gasteiger partial charge in [-0.2, -0.15) is 0 Å². The predicted molar refractivity (Wildman–Crippen MR) is 170 cm³/mol. The number of para-hydroxylation sites is 1. The standard InChI is InChI=1S/C34H41FN6O2/c1-5-13-39(6-2)19-22(3)43-31-9-7-8-25-16-30(41(32(25)31)20-23-10-11-23)33-37-28-17-27-24(15-29(28)38(33)4)12-14-40(34(27)42)21-26(36)18-35/h5-9,13,15-17,22-23,26H,2,10-12,14,18-21,36H2,1,3-4H3/b13-5-/t22?,26-/m1/s1. The second-order valence-corrected chi connectivity index (χ2v) is 12.0. The van der Waals surface area contributed by atoms with Gasteiger partial charge in [0.2, 0.25) is 0 Å². The molecule has 1 aliphatic heterocycles. The van der Waals surface area contributed by atoms with Crippen molar-refractivity contribution >= 4 is 27.8 Å². The fraction of sp³-hybridized carbons (Fsp3) is 0.412. The first-order valence-electron chi connectivity index (χ1n) is 15.2. The van der Waals surface area contributed by atoms with E-state index in [1.54, 1.807) is 4.90 Å². The number of nitrogens with two attached hydrogens (primary N) is 1. The van der Waals surface area contributed by atoms with Crippen molar-refractivity contribution in [3.63, 3.8) is 0 Å². The van der Waals surface area contributed by atoms with Crippen molar-refractivity contribution in [3.8, 4) is 17.3 Å². The summed E-state index contributed by atoms with van der Waals surface area (Å²) >= 11 is 0. The van der Waals surface area contributed by atoms with E-state index in [9.17, 15) is 9.18 Å². The molecule has 1 amide bonds. The molecule has 4 aromatic rings. The van der Waals surface area contributed by atoms with Gasteiger partial charge in [0.25, 0.3) is 5.91 Å². The van der Waals surface area contributed by atoms with Crippen LogP contribution >= 0.6 is 0 Å². The highest BCUT2D eigenvalue weighted by Gasteiger charge is 2.29. The number of carbonyl (C=O) groups excluding carboxylic acids is 1. The highest BCUT2D eigenvalue weighted by Crippen LogP contribution is 2.39. The van der Waals surface area contributed by atoms with Crippen LogP contribution in [0.2, 0.25) is 0 Å². The van der Waals surface area contributed by atoms with Crippen molar-refractivity contribution in [1.29, 1.82) is 0 Å². The molecule has 226 valence electrons. The lowest BCUT2D eigenvalue weighted by Crippen LogP contribution is -2.45. The summed E-state index contributed by atoms with van der Waals surface area (Å²) in [7, 11) is 2.04. The van der Waals surface area contributed by atoms with E-state index in [4.69, 9.17) is 15.5 Å². The third kappa shape index (κ3) is 5.66. The largest absolute Gasteiger partial charge is 0.487 e. The average molecular weight is 585 g/mol. The lowest BCUT2D eigenvalue weighted by molar-refractivity contribution is 0.0725. The van der Waals surface area contributed by atoms with Crippen LogP contribution in [0.15, 0.2) is 61.5 Å². The van der Waals surface area contributed by atoms with Gasteiger partial charge in [0.1, 0.15) is 18.5 Å². The molecule has 0 radical (unpaired) electrons. The van der Waals surface area contributed by atoms with Gasteiger partial charge in [0, 0.05) is 37.6 Å². The van der Waals surface area contributed by atoms with Gasteiger partial charge in [-0.3, -0.25) is 4.79 Å². The number of halogens is 1. The van der Waals surface area contributed by atoms with Crippen LogP contribution in [0.1, 0.15) is 42.6 Å². The third-order valence-electron chi connectivity index (χ3n) is 8.55. The molecule has 9 heteroatoms. The first-order valence-corrected chi connectivity index (χ1v) is 15.2. The minimum absolute atomic E-state index is 0.0637. The monoisotopic (exact) mass is 584 g/mol. The maximum atomic E-state index is 13.3. The number of amides is 1. The number of imidazole rings is 1. The number of ether oxygens (including phenoxy) is 1. The van der Waals surface area contributed by atoms with Gasteiger partial charge in [-0.1, -0.05) is 24.8 Å². The van der Waals surface area contributed by atoms with Crippen molar-refractivity contribution in [1.82, 2.24) is 23.9 Å². The van der Waals surface area contributed by atoms with Crippen molar-refractivity contribution in [2.24, 2.45) is 18.7 Å². The van der Waals surface area contributed by atoms with Crippen LogP contribution in [-0.4, -0.2) is 68.3 Å². The summed E-state index contributed by atoms with van der Waals surface area (Å²) in [6.07, 6.45) is 8.87. The summed E-state index contributed by atoms with van der Waals surface area (Å²) in [6.45, 7) is 9.67. The number of aryl methyl sites for hydroxylation is 1. The molecule has 2 N–H and O–H groups in total. The SMILES string of the molecule is C=CN(/C=C\C)CC(C)Oc1cccc2cc(-c3nc4cc5c(cc4n3C)CCN(C[C@H](N)CF)C5=O)n(CC3CC3)c12. The minimum atomic E-state index is -0.671. The van der Waals surface area contributed by atoms with E-state index in [1.807, 2.05) is 49.5 Å². The van der Waals surface area contributed by atoms with E-state index < -0.39 is 12.7 Å². The molecule has 3 heterocycles. The Morgan fingerprint density at radius 1 is 1.28 bits per heavy atom. The highest BCUT2D eigenvalue weighted by atomic mass is 19.1. The van der Waals surface area contributed by atoms with Crippen molar-refractivity contribution in [2.45, 2.75) is 51.8 Å². The molecule has 1 fully saturated rings. The number of hydrogen-bond donors (Lipinski definition) is 1. The van der Waals surface area contributed by atoms with Gasteiger partial charge in [-0.15, -0.1) is 0 Å². The van der Waals surface area contributed by atoms with Gasteiger partial charge in [0.15, 0.2) is 5.82 Å². The number of aromatic nitrogens is 3. The molecule has 1 saturated carbocycles. The summed E-state index contributed by atoms with van der Waals surface area (Å²) in [5.41, 5.74) is 11.3. The quantitative estimate of drug-likeness (QED) is 0.233. The van der Waals surface area contributed by atoms with Crippen LogP contribution in [0, 0.1) is 5.92 Å². The Labute approximate surface area is 252 Å². The Hall–Kier alpha value is -4.11. The number of fused-ring (bicyclic) bond motifs is 3. The smallest absolute Gasteiger partial charge is 0.254 e. The molecule has 8 nitrogen and oxygen atoms in total. The molecule has 6 rings (SSSR count). The van der Waals surface area contributed by atoms with Gasteiger partial charge in [-0.05, 0) is 81.3 Å². The Kier molecular flexibility index (Phi) is 8.01. The van der Waals surface area contributed by atoms with Crippen molar-refractivity contribution in [2.75, 3.05) is 26.3 Å². The van der Waals surface area contributed by atoms with E-state index in [0.29, 0.717) is 31.0 Å².